The number of carbonyl (C=O) groups excluding carboxylic acids is 1. The average Bonchev–Trinajstić information content (AvgIpc) is 3.11. The largest absolute Gasteiger partial charge is 0.487 e. The maximum Gasteiger partial charge on any atom is 0.416 e. The minimum Gasteiger partial charge on any atom is -0.487 e. The molecule has 0 saturated carbocycles. The number of carbonyl (C=O) groups is 1. The van der Waals surface area contributed by atoms with Gasteiger partial charge in [0, 0.05) is 11.6 Å². The quantitative estimate of drug-likeness (QED) is 0.348. The lowest BCUT2D eigenvalue weighted by atomic mass is 10.1. The minimum absolute atomic E-state index is 0.112. The summed E-state index contributed by atoms with van der Waals surface area (Å²) >= 11 is 0. The molecule has 3 rings (SSSR count). The number of rotatable bonds is 7. The van der Waals surface area contributed by atoms with Gasteiger partial charge in [-0.25, -0.2) is 9.78 Å². The van der Waals surface area contributed by atoms with Crippen molar-refractivity contribution in [1.29, 1.82) is 0 Å². The van der Waals surface area contributed by atoms with Gasteiger partial charge in [0.1, 0.15) is 23.8 Å². The monoisotopic (exact) mass is 431 g/mol. The fourth-order valence-corrected chi connectivity index (χ4v) is 2.70. The maximum absolute atomic E-state index is 12.7. The highest BCUT2D eigenvalue weighted by Gasteiger charge is 2.30. The molecule has 0 atom stereocenters. The van der Waals surface area contributed by atoms with E-state index in [0.717, 1.165) is 17.7 Å². The zero-order chi connectivity index (χ0) is 22.4. The number of benzene rings is 2. The normalized spacial score (nSPS) is 11.6. The summed E-state index contributed by atoms with van der Waals surface area (Å²) in [6.45, 7) is 3.85. The first-order valence-corrected chi connectivity index (χ1v) is 9.48. The molecule has 0 saturated heterocycles. The third-order valence-corrected chi connectivity index (χ3v) is 4.28. The molecule has 0 amide bonds. The molecular weight excluding hydrogens is 411 g/mol. The smallest absolute Gasteiger partial charge is 0.416 e. The number of halogens is 3. The summed E-state index contributed by atoms with van der Waals surface area (Å²) in [5, 5.41) is 0. The van der Waals surface area contributed by atoms with Gasteiger partial charge >= 0.3 is 12.1 Å². The highest BCUT2D eigenvalue weighted by atomic mass is 19.4. The van der Waals surface area contributed by atoms with E-state index in [9.17, 15) is 18.0 Å². The zero-order valence-electron chi connectivity index (χ0n) is 16.9. The van der Waals surface area contributed by atoms with E-state index in [1.165, 1.54) is 18.2 Å². The van der Waals surface area contributed by atoms with E-state index in [1.54, 1.807) is 38.1 Å². The second kappa shape index (κ2) is 9.51. The zero-order valence-corrected chi connectivity index (χ0v) is 16.9. The molecule has 0 fully saturated rings. The highest BCUT2D eigenvalue weighted by Crippen LogP contribution is 2.31. The van der Waals surface area contributed by atoms with Crippen LogP contribution in [0.4, 0.5) is 13.2 Å². The van der Waals surface area contributed by atoms with Crippen LogP contribution in [0.25, 0.3) is 17.5 Å². The summed E-state index contributed by atoms with van der Waals surface area (Å²) in [5.74, 6) is 0.858. The Labute approximate surface area is 177 Å². The lowest BCUT2D eigenvalue weighted by Gasteiger charge is -2.06. The predicted octanol–water partition coefficient (Wildman–Crippen LogP) is 5.82. The molecular formula is C23H20F3NO4. The summed E-state index contributed by atoms with van der Waals surface area (Å²) in [4.78, 5) is 15.8. The molecule has 1 aromatic heterocycles. The topological polar surface area (TPSA) is 61.6 Å². The molecule has 8 heteroatoms. The van der Waals surface area contributed by atoms with Crippen molar-refractivity contribution in [2.75, 3.05) is 6.61 Å². The van der Waals surface area contributed by atoms with Gasteiger partial charge < -0.3 is 13.9 Å². The Kier molecular flexibility index (Phi) is 6.79. The molecule has 0 unspecified atom stereocenters. The third-order valence-electron chi connectivity index (χ3n) is 4.28. The van der Waals surface area contributed by atoms with E-state index < -0.39 is 17.7 Å². The van der Waals surface area contributed by atoms with Crippen LogP contribution in [0.15, 0.2) is 59.0 Å². The van der Waals surface area contributed by atoms with Gasteiger partial charge in [0.2, 0.25) is 5.89 Å². The Morgan fingerprint density at radius 1 is 1.16 bits per heavy atom. The van der Waals surface area contributed by atoms with E-state index in [0.29, 0.717) is 29.4 Å². The van der Waals surface area contributed by atoms with Crippen LogP contribution in [-0.4, -0.2) is 17.6 Å². The molecule has 3 aromatic rings. The number of oxazole rings is 1. The van der Waals surface area contributed by atoms with Crippen LogP contribution in [0.1, 0.15) is 29.5 Å². The Morgan fingerprint density at radius 3 is 2.58 bits per heavy atom. The first-order valence-electron chi connectivity index (χ1n) is 9.48. The number of alkyl halides is 3. The van der Waals surface area contributed by atoms with Gasteiger partial charge in [-0.3, -0.25) is 0 Å². The van der Waals surface area contributed by atoms with E-state index in [-0.39, 0.29) is 12.5 Å². The molecule has 0 spiro atoms. The van der Waals surface area contributed by atoms with E-state index in [1.807, 2.05) is 6.07 Å². The summed E-state index contributed by atoms with van der Waals surface area (Å²) in [6.07, 6.45) is -1.44. The van der Waals surface area contributed by atoms with Crippen molar-refractivity contribution in [3.63, 3.8) is 0 Å². The number of ether oxygens (including phenoxy) is 2. The van der Waals surface area contributed by atoms with Gasteiger partial charge in [0.15, 0.2) is 0 Å². The lowest BCUT2D eigenvalue weighted by molar-refractivity contribution is -0.138. The Bertz CT molecular complexity index is 1070. The summed E-state index contributed by atoms with van der Waals surface area (Å²) in [6, 6.07) is 11.7. The van der Waals surface area contributed by atoms with Gasteiger partial charge in [-0.1, -0.05) is 12.1 Å². The van der Waals surface area contributed by atoms with Crippen LogP contribution >= 0.6 is 0 Å². The SMILES string of the molecule is CCOC(=O)C=Cc1cccc(OCc2nc(-c3ccc(C(F)(F)F)cc3)oc2C)c1. The molecule has 5 nitrogen and oxygen atoms in total. The predicted molar refractivity (Wildman–Crippen MR) is 108 cm³/mol. The molecule has 0 aliphatic rings. The third kappa shape index (κ3) is 5.97. The molecule has 31 heavy (non-hydrogen) atoms. The molecule has 0 bridgehead atoms. The molecule has 162 valence electrons. The van der Waals surface area contributed by atoms with Gasteiger partial charge in [0.05, 0.1) is 12.2 Å². The van der Waals surface area contributed by atoms with Crippen molar-refractivity contribution < 1.29 is 31.9 Å². The van der Waals surface area contributed by atoms with Crippen molar-refractivity contribution in [3.05, 3.63) is 77.2 Å². The van der Waals surface area contributed by atoms with E-state index >= 15 is 0 Å². The molecule has 2 aromatic carbocycles. The fraction of sp³-hybridized carbons (Fsp3) is 0.217. The lowest BCUT2D eigenvalue weighted by Crippen LogP contribution is -2.04. The Hall–Kier alpha value is -3.55. The Morgan fingerprint density at radius 2 is 1.90 bits per heavy atom. The molecule has 0 N–H and O–H groups in total. The molecule has 0 radical (unpaired) electrons. The second-order valence-corrected chi connectivity index (χ2v) is 6.54. The average molecular weight is 431 g/mol. The molecule has 0 aliphatic heterocycles. The van der Waals surface area contributed by atoms with Gasteiger partial charge in [-0.2, -0.15) is 13.2 Å². The Balaban J connectivity index is 1.67. The number of hydrogen-bond acceptors (Lipinski definition) is 5. The van der Waals surface area contributed by atoms with Crippen LogP contribution < -0.4 is 4.74 Å². The van der Waals surface area contributed by atoms with Crippen LogP contribution in [0.3, 0.4) is 0 Å². The number of hydrogen-bond donors (Lipinski definition) is 0. The van der Waals surface area contributed by atoms with Crippen LogP contribution in [0.5, 0.6) is 5.75 Å². The summed E-state index contributed by atoms with van der Waals surface area (Å²) < 4.78 is 54.4. The van der Waals surface area contributed by atoms with Crippen LogP contribution in [0, 0.1) is 6.92 Å². The first kappa shape index (κ1) is 22.1. The number of esters is 1. The summed E-state index contributed by atoms with van der Waals surface area (Å²) in [7, 11) is 0. The number of nitrogens with zero attached hydrogens (tertiary/aromatic N) is 1. The van der Waals surface area contributed by atoms with Crippen molar-refractivity contribution in [3.8, 4) is 17.2 Å². The molecule has 0 aliphatic carbocycles. The van der Waals surface area contributed by atoms with Crippen molar-refractivity contribution >= 4 is 12.0 Å². The van der Waals surface area contributed by atoms with Gasteiger partial charge in [0.25, 0.3) is 0 Å². The standard InChI is InChI=1S/C23H20F3NO4/c1-3-29-21(28)12-7-16-5-4-6-19(13-16)30-14-20-15(2)31-22(27-20)17-8-10-18(11-9-17)23(24,25)26/h4-13H,3,14H2,1-2H3. The maximum atomic E-state index is 12.7. The minimum atomic E-state index is -4.40. The van der Waals surface area contributed by atoms with Crippen LogP contribution in [-0.2, 0) is 22.3 Å². The fourth-order valence-electron chi connectivity index (χ4n) is 2.70. The van der Waals surface area contributed by atoms with Crippen molar-refractivity contribution in [1.82, 2.24) is 4.98 Å². The van der Waals surface area contributed by atoms with Crippen LogP contribution in [0.2, 0.25) is 0 Å². The van der Waals surface area contributed by atoms with Crippen molar-refractivity contribution in [2.24, 2.45) is 0 Å². The van der Waals surface area contributed by atoms with Gasteiger partial charge in [-0.15, -0.1) is 0 Å². The van der Waals surface area contributed by atoms with E-state index in [4.69, 9.17) is 13.9 Å². The number of aromatic nitrogens is 1. The van der Waals surface area contributed by atoms with Crippen molar-refractivity contribution in [2.45, 2.75) is 26.6 Å². The number of aryl methyl sites for hydroxylation is 1. The first-order chi connectivity index (χ1) is 14.8. The second-order valence-electron chi connectivity index (χ2n) is 6.54. The highest BCUT2D eigenvalue weighted by molar-refractivity contribution is 5.87. The van der Waals surface area contributed by atoms with Gasteiger partial charge in [-0.05, 0) is 61.9 Å². The summed E-state index contributed by atoms with van der Waals surface area (Å²) in [5.41, 5.74) is 0.990. The molecule has 1 heterocycles. The van der Waals surface area contributed by atoms with E-state index in [2.05, 4.69) is 4.98 Å².